The van der Waals surface area contributed by atoms with E-state index in [4.69, 9.17) is 4.74 Å². The Balaban J connectivity index is 1.69. The Kier molecular flexibility index (Phi) is 8.75. The van der Waals surface area contributed by atoms with Gasteiger partial charge in [0.2, 0.25) is 0 Å². The molecule has 1 aromatic carbocycles. The minimum absolute atomic E-state index is 0.773. The normalized spacial score (nSPS) is 18.6. The van der Waals surface area contributed by atoms with E-state index < -0.39 is 0 Å². The van der Waals surface area contributed by atoms with Crippen LogP contribution in [0.2, 0.25) is 0 Å². The van der Waals surface area contributed by atoms with Gasteiger partial charge in [0.1, 0.15) is 5.75 Å². The highest BCUT2D eigenvalue weighted by atomic mass is 16.5. The van der Waals surface area contributed by atoms with Crippen LogP contribution in [-0.2, 0) is 6.54 Å². The molecule has 1 unspecified atom stereocenters. The number of aliphatic imine (C=N–C) groups is 1. The van der Waals surface area contributed by atoms with E-state index in [-0.39, 0.29) is 0 Å². The molecule has 5 nitrogen and oxygen atoms in total. The molecule has 0 aliphatic carbocycles. The zero-order valence-corrected chi connectivity index (χ0v) is 17.0. The fourth-order valence-corrected chi connectivity index (χ4v) is 3.70. The number of piperidine rings is 1. The number of hydrogen-bond acceptors (Lipinski definition) is 3. The van der Waals surface area contributed by atoms with E-state index in [1.165, 1.54) is 50.9 Å². The zero-order chi connectivity index (χ0) is 18.8. The molecular weight excluding hydrogens is 324 g/mol. The third-order valence-corrected chi connectivity index (χ3v) is 5.10. The molecule has 1 saturated heterocycles. The standard InChI is InChI=1S/C21H36N4O/c1-18-10-9-15-25(16-18)14-8-7-13-23-21(22-2)24(3)17-19-11-5-6-12-20(19)26-4/h5-6,11-12,18H,7-10,13-17H2,1-4H3,(H,22,23). The van der Waals surface area contributed by atoms with Crippen LogP contribution in [-0.4, -0.2) is 63.1 Å². The van der Waals surface area contributed by atoms with Crippen LogP contribution < -0.4 is 10.1 Å². The SMILES string of the molecule is CN=C(NCCCCN1CCCC(C)C1)N(C)Cc1ccccc1OC. The minimum atomic E-state index is 0.773. The van der Waals surface area contributed by atoms with Crippen molar-refractivity contribution in [1.29, 1.82) is 0 Å². The summed E-state index contributed by atoms with van der Waals surface area (Å²) in [6, 6.07) is 8.14. The van der Waals surface area contributed by atoms with Gasteiger partial charge in [0.15, 0.2) is 5.96 Å². The molecule has 0 amide bonds. The van der Waals surface area contributed by atoms with Gasteiger partial charge in [-0.1, -0.05) is 25.1 Å². The quantitative estimate of drug-likeness (QED) is 0.439. The number of para-hydroxylation sites is 1. The number of benzene rings is 1. The Morgan fingerprint density at radius 2 is 2.15 bits per heavy atom. The third kappa shape index (κ3) is 6.52. The molecule has 1 atom stereocenters. The van der Waals surface area contributed by atoms with E-state index in [1.807, 2.05) is 25.2 Å². The molecule has 0 aromatic heterocycles. The Hall–Kier alpha value is -1.75. The summed E-state index contributed by atoms with van der Waals surface area (Å²) >= 11 is 0. The van der Waals surface area contributed by atoms with E-state index in [2.05, 4.69) is 40.1 Å². The molecule has 1 fully saturated rings. The predicted molar refractivity (Wildman–Crippen MR) is 110 cm³/mol. The van der Waals surface area contributed by atoms with Gasteiger partial charge in [0, 0.05) is 39.3 Å². The van der Waals surface area contributed by atoms with E-state index >= 15 is 0 Å². The Labute approximate surface area is 159 Å². The number of rotatable bonds is 8. The molecule has 1 N–H and O–H groups in total. The van der Waals surface area contributed by atoms with Gasteiger partial charge in [0.05, 0.1) is 7.11 Å². The van der Waals surface area contributed by atoms with Crippen LogP contribution >= 0.6 is 0 Å². The first kappa shape index (κ1) is 20.6. The molecule has 0 radical (unpaired) electrons. The smallest absolute Gasteiger partial charge is 0.193 e. The average Bonchev–Trinajstić information content (AvgIpc) is 2.65. The van der Waals surface area contributed by atoms with Gasteiger partial charge in [-0.3, -0.25) is 4.99 Å². The first-order chi connectivity index (χ1) is 12.6. The lowest BCUT2D eigenvalue weighted by Crippen LogP contribution is -2.39. The lowest BCUT2D eigenvalue weighted by atomic mass is 10.0. The number of hydrogen-bond donors (Lipinski definition) is 1. The number of guanidine groups is 1. The Bertz CT molecular complexity index is 561. The predicted octanol–water partition coefficient (Wildman–Crippen LogP) is 3.21. The van der Waals surface area contributed by atoms with E-state index in [0.29, 0.717) is 0 Å². The monoisotopic (exact) mass is 360 g/mol. The Morgan fingerprint density at radius 3 is 2.88 bits per heavy atom. The summed E-state index contributed by atoms with van der Waals surface area (Å²) in [5.41, 5.74) is 1.17. The van der Waals surface area contributed by atoms with Crippen molar-refractivity contribution in [2.75, 3.05) is 47.4 Å². The highest BCUT2D eigenvalue weighted by molar-refractivity contribution is 5.79. The van der Waals surface area contributed by atoms with Gasteiger partial charge in [0.25, 0.3) is 0 Å². The molecule has 0 saturated carbocycles. The number of methoxy groups -OCH3 is 1. The van der Waals surface area contributed by atoms with E-state index in [9.17, 15) is 0 Å². The lowest BCUT2D eigenvalue weighted by Gasteiger charge is -2.30. The van der Waals surface area contributed by atoms with Crippen molar-refractivity contribution in [2.24, 2.45) is 10.9 Å². The lowest BCUT2D eigenvalue weighted by molar-refractivity contribution is 0.181. The average molecular weight is 361 g/mol. The van der Waals surface area contributed by atoms with E-state index in [0.717, 1.165) is 30.7 Å². The van der Waals surface area contributed by atoms with Crippen molar-refractivity contribution in [2.45, 2.75) is 39.2 Å². The van der Waals surface area contributed by atoms with Crippen molar-refractivity contribution in [3.05, 3.63) is 29.8 Å². The number of nitrogens with one attached hydrogen (secondary N) is 1. The summed E-state index contributed by atoms with van der Waals surface area (Å²) in [6.45, 7) is 7.89. The molecule has 0 spiro atoms. The van der Waals surface area contributed by atoms with Crippen molar-refractivity contribution < 1.29 is 4.74 Å². The van der Waals surface area contributed by atoms with Crippen LogP contribution in [0.3, 0.4) is 0 Å². The van der Waals surface area contributed by atoms with Gasteiger partial charge in [-0.15, -0.1) is 0 Å². The Morgan fingerprint density at radius 1 is 1.35 bits per heavy atom. The van der Waals surface area contributed by atoms with Crippen LogP contribution in [0, 0.1) is 5.92 Å². The van der Waals surface area contributed by atoms with Gasteiger partial charge in [-0.25, -0.2) is 0 Å². The maximum absolute atomic E-state index is 5.45. The number of ether oxygens (including phenoxy) is 1. The first-order valence-corrected chi connectivity index (χ1v) is 9.90. The summed E-state index contributed by atoms with van der Waals surface area (Å²) in [4.78, 5) is 9.18. The highest BCUT2D eigenvalue weighted by Crippen LogP contribution is 2.18. The van der Waals surface area contributed by atoms with Crippen LogP contribution in [0.1, 0.15) is 38.2 Å². The van der Waals surface area contributed by atoms with Gasteiger partial charge < -0.3 is 19.9 Å². The molecule has 0 bridgehead atoms. The largest absolute Gasteiger partial charge is 0.496 e. The van der Waals surface area contributed by atoms with Crippen LogP contribution in [0.5, 0.6) is 5.75 Å². The van der Waals surface area contributed by atoms with Crippen molar-refractivity contribution in [1.82, 2.24) is 15.1 Å². The molecule has 1 aliphatic rings. The van der Waals surface area contributed by atoms with Crippen molar-refractivity contribution in [3.8, 4) is 5.75 Å². The van der Waals surface area contributed by atoms with E-state index in [1.54, 1.807) is 7.11 Å². The molecule has 1 aliphatic heterocycles. The topological polar surface area (TPSA) is 40.1 Å². The molecule has 1 aromatic rings. The third-order valence-electron chi connectivity index (χ3n) is 5.10. The number of nitrogens with zero attached hydrogens (tertiary/aromatic N) is 3. The van der Waals surface area contributed by atoms with Crippen LogP contribution in [0.4, 0.5) is 0 Å². The van der Waals surface area contributed by atoms with Gasteiger partial charge in [-0.05, 0) is 50.8 Å². The molecule has 146 valence electrons. The second-order valence-corrected chi connectivity index (χ2v) is 7.40. The summed E-state index contributed by atoms with van der Waals surface area (Å²) in [5, 5.41) is 3.49. The summed E-state index contributed by atoms with van der Waals surface area (Å²) < 4.78 is 5.45. The minimum Gasteiger partial charge on any atom is -0.496 e. The summed E-state index contributed by atoms with van der Waals surface area (Å²) in [7, 11) is 5.63. The molecule has 26 heavy (non-hydrogen) atoms. The molecule has 1 heterocycles. The zero-order valence-electron chi connectivity index (χ0n) is 17.0. The van der Waals surface area contributed by atoms with Crippen LogP contribution in [0.25, 0.3) is 0 Å². The summed E-state index contributed by atoms with van der Waals surface area (Å²) in [6.07, 6.45) is 5.17. The highest BCUT2D eigenvalue weighted by Gasteiger charge is 2.15. The van der Waals surface area contributed by atoms with Crippen molar-refractivity contribution >= 4 is 5.96 Å². The first-order valence-electron chi connectivity index (χ1n) is 9.90. The van der Waals surface area contributed by atoms with Gasteiger partial charge in [-0.2, -0.15) is 0 Å². The fourth-order valence-electron chi connectivity index (χ4n) is 3.70. The van der Waals surface area contributed by atoms with Gasteiger partial charge >= 0.3 is 0 Å². The molecule has 2 rings (SSSR count). The van der Waals surface area contributed by atoms with Crippen LogP contribution in [0.15, 0.2) is 29.3 Å². The maximum atomic E-state index is 5.45. The number of unbranched alkanes of at least 4 members (excludes halogenated alkanes) is 1. The molecular formula is C21H36N4O. The second-order valence-electron chi connectivity index (χ2n) is 7.40. The fraction of sp³-hybridized carbons (Fsp3) is 0.667. The summed E-state index contributed by atoms with van der Waals surface area (Å²) in [5.74, 6) is 2.72. The number of likely N-dealkylation sites (tertiary alicyclic amines) is 1. The van der Waals surface area contributed by atoms with Crippen molar-refractivity contribution in [3.63, 3.8) is 0 Å². The second kappa shape index (κ2) is 11.1. The maximum Gasteiger partial charge on any atom is 0.193 e. The molecule has 5 heteroatoms.